The largest absolute Gasteiger partial charge is 0.481 e. The highest BCUT2D eigenvalue weighted by atomic mass is 16.4. The quantitative estimate of drug-likeness (QED) is 0.885. The van der Waals surface area contributed by atoms with Gasteiger partial charge in [0.25, 0.3) is 5.91 Å². The van der Waals surface area contributed by atoms with E-state index in [0.717, 1.165) is 30.4 Å². The maximum Gasteiger partial charge on any atom is 0.305 e. The third kappa shape index (κ3) is 2.95. The molecule has 1 aliphatic rings. The molecule has 102 valence electrons. The van der Waals surface area contributed by atoms with Crippen LogP contribution in [-0.2, 0) is 11.2 Å². The summed E-state index contributed by atoms with van der Waals surface area (Å²) in [7, 11) is 0. The molecule has 1 unspecified atom stereocenters. The highest BCUT2D eigenvalue weighted by Crippen LogP contribution is 2.23. The van der Waals surface area contributed by atoms with Gasteiger partial charge >= 0.3 is 5.97 Å². The van der Waals surface area contributed by atoms with Gasteiger partial charge in [-0.25, -0.2) is 0 Å². The molecule has 0 bridgehead atoms. The van der Waals surface area contributed by atoms with Gasteiger partial charge in [-0.3, -0.25) is 9.59 Å². The van der Waals surface area contributed by atoms with Crippen molar-refractivity contribution in [1.82, 2.24) is 4.90 Å². The van der Waals surface area contributed by atoms with Crippen LogP contribution >= 0.6 is 0 Å². The van der Waals surface area contributed by atoms with E-state index in [9.17, 15) is 9.59 Å². The minimum atomic E-state index is -0.842. The van der Waals surface area contributed by atoms with Gasteiger partial charge in [0.05, 0.1) is 6.42 Å². The molecule has 1 aromatic carbocycles. The van der Waals surface area contributed by atoms with Crippen LogP contribution in [0.4, 0.5) is 0 Å². The molecule has 0 aliphatic carbocycles. The summed E-state index contributed by atoms with van der Waals surface area (Å²) in [6, 6.07) is 7.39. The summed E-state index contributed by atoms with van der Waals surface area (Å²) in [4.78, 5) is 25.1. The molecule has 4 heteroatoms. The van der Waals surface area contributed by atoms with E-state index in [1.54, 1.807) is 4.90 Å². The Hall–Kier alpha value is -1.84. The molecule has 1 aliphatic heterocycles. The van der Waals surface area contributed by atoms with Gasteiger partial charge in [0, 0.05) is 18.2 Å². The predicted octanol–water partition coefficient (Wildman–Crippen LogP) is 2.33. The number of carbonyl (C=O) groups excluding carboxylic acids is 1. The zero-order valence-electron chi connectivity index (χ0n) is 11.1. The van der Waals surface area contributed by atoms with E-state index in [1.807, 2.05) is 31.2 Å². The van der Waals surface area contributed by atoms with Crippen LogP contribution in [0.3, 0.4) is 0 Å². The van der Waals surface area contributed by atoms with Crippen molar-refractivity contribution >= 4 is 11.9 Å². The predicted molar refractivity (Wildman–Crippen MR) is 72.1 cm³/mol. The van der Waals surface area contributed by atoms with Crippen molar-refractivity contribution in [3.8, 4) is 0 Å². The fraction of sp³-hybridized carbons (Fsp3) is 0.467. The van der Waals surface area contributed by atoms with Crippen LogP contribution in [0.25, 0.3) is 0 Å². The molecule has 19 heavy (non-hydrogen) atoms. The first-order chi connectivity index (χ1) is 9.13. The molecule has 1 atom stereocenters. The molecule has 4 nitrogen and oxygen atoms in total. The van der Waals surface area contributed by atoms with E-state index in [0.29, 0.717) is 6.54 Å². The smallest absolute Gasteiger partial charge is 0.305 e. The Balaban J connectivity index is 2.21. The van der Waals surface area contributed by atoms with Crippen LogP contribution < -0.4 is 0 Å². The van der Waals surface area contributed by atoms with Crippen molar-refractivity contribution < 1.29 is 14.7 Å². The topological polar surface area (TPSA) is 57.6 Å². The number of amides is 1. The summed E-state index contributed by atoms with van der Waals surface area (Å²) < 4.78 is 0. The number of benzene rings is 1. The highest BCUT2D eigenvalue weighted by molar-refractivity contribution is 5.97. The number of nitrogens with zero attached hydrogens (tertiary/aromatic N) is 1. The summed E-state index contributed by atoms with van der Waals surface area (Å²) in [5.74, 6) is -0.869. The number of fused-ring (bicyclic) bond motifs is 1. The van der Waals surface area contributed by atoms with E-state index < -0.39 is 5.97 Å². The van der Waals surface area contributed by atoms with Crippen LogP contribution in [-0.4, -0.2) is 34.5 Å². The third-order valence-electron chi connectivity index (χ3n) is 3.60. The molecule has 0 spiro atoms. The average molecular weight is 261 g/mol. The van der Waals surface area contributed by atoms with Crippen LogP contribution in [0, 0.1) is 0 Å². The Bertz CT molecular complexity index is 484. The molecule has 1 amide bonds. The van der Waals surface area contributed by atoms with Crippen molar-refractivity contribution in [1.29, 1.82) is 0 Å². The molecule has 2 rings (SSSR count). The van der Waals surface area contributed by atoms with E-state index >= 15 is 0 Å². The Morgan fingerprint density at radius 2 is 2.16 bits per heavy atom. The summed E-state index contributed by atoms with van der Waals surface area (Å²) >= 11 is 0. The number of hydrogen-bond acceptors (Lipinski definition) is 2. The Labute approximate surface area is 113 Å². The van der Waals surface area contributed by atoms with Gasteiger partial charge in [-0.2, -0.15) is 0 Å². The second-order valence-corrected chi connectivity index (χ2v) is 4.95. The first kappa shape index (κ1) is 13.6. The highest BCUT2D eigenvalue weighted by Gasteiger charge is 2.30. The SMILES string of the molecule is CCCC(CC(=O)O)N1CCc2ccccc2C1=O. The molecule has 0 saturated heterocycles. The molecule has 0 fully saturated rings. The lowest BCUT2D eigenvalue weighted by molar-refractivity contribution is -0.138. The summed E-state index contributed by atoms with van der Waals surface area (Å²) in [6.45, 7) is 2.63. The Kier molecular flexibility index (Phi) is 4.20. The van der Waals surface area contributed by atoms with E-state index in [-0.39, 0.29) is 18.4 Å². The molecular formula is C15H19NO3. The lowest BCUT2D eigenvalue weighted by Crippen LogP contribution is -2.45. The van der Waals surface area contributed by atoms with Crippen LogP contribution in [0.5, 0.6) is 0 Å². The number of hydrogen-bond donors (Lipinski definition) is 1. The van der Waals surface area contributed by atoms with Gasteiger partial charge in [-0.1, -0.05) is 31.5 Å². The van der Waals surface area contributed by atoms with Crippen molar-refractivity contribution in [3.63, 3.8) is 0 Å². The molecule has 1 heterocycles. The average Bonchev–Trinajstić information content (AvgIpc) is 2.38. The summed E-state index contributed by atoms with van der Waals surface area (Å²) in [5.41, 5.74) is 1.79. The van der Waals surface area contributed by atoms with E-state index in [4.69, 9.17) is 5.11 Å². The van der Waals surface area contributed by atoms with Crippen LogP contribution in [0.1, 0.15) is 42.1 Å². The van der Waals surface area contributed by atoms with Crippen molar-refractivity contribution in [2.45, 2.75) is 38.6 Å². The number of aliphatic carboxylic acids is 1. The fourth-order valence-electron chi connectivity index (χ4n) is 2.70. The van der Waals surface area contributed by atoms with Gasteiger partial charge in [0.2, 0.25) is 0 Å². The first-order valence-corrected chi connectivity index (χ1v) is 6.74. The fourth-order valence-corrected chi connectivity index (χ4v) is 2.70. The minimum Gasteiger partial charge on any atom is -0.481 e. The summed E-state index contributed by atoms with van der Waals surface area (Å²) in [6.07, 6.45) is 2.45. The second-order valence-electron chi connectivity index (χ2n) is 4.95. The minimum absolute atomic E-state index is 0.0263. The van der Waals surface area contributed by atoms with Gasteiger partial charge < -0.3 is 10.0 Å². The van der Waals surface area contributed by atoms with Gasteiger partial charge in [-0.15, -0.1) is 0 Å². The molecule has 0 aromatic heterocycles. The molecule has 1 aromatic rings. The van der Waals surface area contributed by atoms with E-state index in [2.05, 4.69) is 0 Å². The lowest BCUT2D eigenvalue weighted by Gasteiger charge is -2.34. The molecule has 0 saturated carbocycles. The van der Waals surface area contributed by atoms with Crippen LogP contribution in [0.15, 0.2) is 24.3 Å². The first-order valence-electron chi connectivity index (χ1n) is 6.74. The monoisotopic (exact) mass is 261 g/mol. The lowest BCUT2D eigenvalue weighted by atomic mass is 9.96. The zero-order chi connectivity index (χ0) is 13.8. The van der Waals surface area contributed by atoms with Gasteiger partial charge in [0.15, 0.2) is 0 Å². The van der Waals surface area contributed by atoms with E-state index in [1.165, 1.54) is 0 Å². The van der Waals surface area contributed by atoms with Gasteiger partial charge in [-0.05, 0) is 24.5 Å². The molecular weight excluding hydrogens is 242 g/mol. The number of carbonyl (C=O) groups is 2. The number of carboxylic acids is 1. The third-order valence-corrected chi connectivity index (χ3v) is 3.60. The van der Waals surface area contributed by atoms with Crippen molar-refractivity contribution in [2.24, 2.45) is 0 Å². The second kappa shape index (κ2) is 5.87. The Morgan fingerprint density at radius 3 is 2.84 bits per heavy atom. The number of rotatable bonds is 5. The normalized spacial score (nSPS) is 16.1. The molecule has 1 N–H and O–H groups in total. The van der Waals surface area contributed by atoms with Crippen molar-refractivity contribution in [3.05, 3.63) is 35.4 Å². The standard InChI is InChI=1S/C15H19NO3/c1-2-5-12(10-14(17)18)16-9-8-11-6-3-4-7-13(11)15(16)19/h3-4,6-7,12H,2,5,8-10H2,1H3,(H,17,18). The maximum absolute atomic E-state index is 12.4. The van der Waals surface area contributed by atoms with Crippen LogP contribution in [0.2, 0.25) is 0 Å². The zero-order valence-corrected chi connectivity index (χ0v) is 11.1. The molecule has 0 radical (unpaired) electrons. The summed E-state index contributed by atoms with van der Waals surface area (Å²) in [5, 5.41) is 8.98. The maximum atomic E-state index is 12.4. The number of carboxylic acid groups (broad SMARTS) is 1. The van der Waals surface area contributed by atoms with Crippen molar-refractivity contribution in [2.75, 3.05) is 6.54 Å². The Morgan fingerprint density at radius 1 is 1.42 bits per heavy atom. The van der Waals surface area contributed by atoms with Gasteiger partial charge in [0.1, 0.15) is 0 Å².